The van der Waals surface area contributed by atoms with Crippen LogP contribution in [0.5, 0.6) is 0 Å². The first-order valence-electron chi connectivity index (χ1n) is 5.09. The molecule has 0 heterocycles. The number of carbonyl (C=O) groups excluding carboxylic acids is 1. The van der Waals surface area contributed by atoms with Crippen molar-refractivity contribution in [3.8, 4) is 0 Å². The molecule has 1 aromatic carbocycles. The number of rotatable bonds is 1. The average molecular weight is 224 g/mol. The number of nitrogens with two attached hydrogens (primary N) is 1. The van der Waals surface area contributed by atoms with Crippen molar-refractivity contribution < 1.29 is 9.18 Å². The molecule has 0 atom stereocenters. The van der Waals surface area contributed by atoms with Gasteiger partial charge in [-0.3, -0.25) is 4.79 Å². The van der Waals surface area contributed by atoms with E-state index in [1.807, 2.05) is 20.8 Å². The third kappa shape index (κ3) is 2.95. The van der Waals surface area contributed by atoms with Crippen LogP contribution < -0.4 is 11.1 Å². The molecule has 0 saturated carbocycles. The van der Waals surface area contributed by atoms with E-state index < -0.39 is 5.82 Å². The summed E-state index contributed by atoms with van der Waals surface area (Å²) in [5.74, 6) is -0.780. The van der Waals surface area contributed by atoms with Gasteiger partial charge in [-0.15, -0.1) is 0 Å². The number of benzene rings is 1. The molecule has 3 nitrogen and oxygen atoms in total. The Balaban J connectivity index is 3.02. The van der Waals surface area contributed by atoms with Crippen LogP contribution in [-0.2, 0) is 0 Å². The normalized spacial score (nSPS) is 11.3. The van der Waals surface area contributed by atoms with Crippen molar-refractivity contribution in [3.63, 3.8) is 0 Å². The number of amides is 1. The Morgan fingerprint density at radius 3 is 2.38 bits per heavy atom. The molecule has 0 bridgehead atoms. The van der Waals surface area contributed by atoms with Gasteiger partial charge in [-0.1, -0.05) is 0 Å². The van der Waals surface area contributed by atoms with Gasteiger partial charge in [0.1, 0.15) is 5.82 Å². The maximum absolute atomic E-state index is 13.4. The molecule has 16 heavy (non-hydrogen) atoms. The predicted octanol–water partition coefficient (Wildman–Crippen LogP) is 2.24. The first-order valence-corrected chi connectivity index (χ1v) is 5.09. The monoisotopic (exact) mass is 224 g/mol. The van der Waals surface area contributed by atoms with E-state index in [4.69, 9.17) is 5.73 Å². The van der Waals surface area contributed by atoms with E-state index in [0.29, 0.717) is 11.3 Å². The highest BCUT2D eigenvalue weighted by molar-refractivity contribution is 5.95. The van der Waals surface area contributed by atoms with Crippen LogP contribution in [0, 0.1) is 12.7 Å². The van der Waals surface area contributed by atoms with Crippen LogP contribution >= 0.6 is 0 Å². The summed E-state index contributed by atoms with van der Waals surface area (Å²) in [6.07, 6.45) is 0. The average Bonchev–Trinajstić information content (AvgIpc) is 2.10. The fourth-order valence-electron chi connectivity index (χ4n) is 1.24. The summed E-state index contributed by atoms with van der Waals surface area (Å²) in [6.45, 7) is 7.16. The number of nitrogens with one attached hydrogen (secondary N) is 1. The lowest BCUT2D eigenvalue weighted by molar-refractivity contribution is 0.0919. The minimum absolute atomic E-state index is 0.246. The van der Waals surface area contributed by atoms with Crippen molar-refractivity contribution in [3.05, 3.63) is 29.1 Å². The molecule has 0 aliphatic rings. The van der Waals surface area contributed by atoms with Gasteiger partial charge in [0.05, 0.1) is 0 Å². The van der Waals surface area contributed by atoms with Crippen LogP contribution in [-0.4, -0.2) is 11.4 Å². The first kappa shape index (κ1) is 12.5. The lowest BCUT2D eigenvalue weighted by Gasteiger charge is -2.20. The van der Waals surface area contributed by atoms with Crippen LogP contribution in [0.1, 0.15) is 36.7 Å². The number of carbonyl (C=O) groups is 1. The molecule has 0 aliphatic carbocycles. The summed E-state index contributed by atoms with van der Waals surface area (Å²) >= 11 is 0. The second-order valence-electron chi connectivity index (χ2n) is 4.88. The van der Waals surface area contributed by atoms with Crippen molar-refractivity contribution in [1.29, 1.82) is 0 Å². The lowest BCUT2D eigenvalue weighted by atomic mass is 10.1. The number of hydrogen-bond donors (Lipinski definition) is 2. The third-order valence-electron chi connectivity index (χ3n) is 2.14. The van der Waals surface area contributed by atoms with Crippen molar-refractivity contribution in [2.24, 2.45) is 0 Å². The van der Waals surface area contributed by atoms with Crippen LogP contribution in [0.15, 0.2) is 12.1 Å². The number of halogens is 1. The summed E-state index contributed by atoms with van der Waals surface area (Å²) in [7, 11) is 0. The fourth-order valence-corrected chi connectivity index (χ4v) is 1.24. The van der Waals surface area contributed by atoms with E-state index in [2.05, 4.69) is 5.32 Å². The van der Waals surface area contributed by atoms with E-state index >= 15 is 0 Å². The fraction of sp³-hybridized carbons (Fsp3) is 0.417. The summed E-state index contributed by atoms with van der Waals surface area (Å²) < 4.78 is 13.4. The second-order valence-corrected chi connectivity index (χ2v) is 4.88. The molecule has 1 rings (SSSR count). The zero-order chi connectivity index (χ0) is 12.5. The van der Waals surface area contributed by atoms with Crippen molar-refractivity contribution in [2.45, 2.75) is 33.2 Å². The summed E-state index contributed by atoms with van der Waals surface area (Å²) in [4.78, 5) is 11.7. The van der Waals surface area contributed by atoms with Crippen LogP contribution in [0.3, 0.4) is 0 Å². The third-order valence-corrected chi connectivity index (χ3v) is 2.14. The minimum Gasteiger partial charge on any atom is -0.398 e. The zero-order valence-corrected chi connectivity index (χ0v) is 10.0. The Bertz CT molecular complexity index is 399. The zero-order valence-electron chi connectivity index (χ0n) is 10.0. The van der Waals surface area contributed by atoms with Crippen molar-refractivity contribution in [1.82, 2.24) is 5.32 Å². The van der Waals surface area contributed by atoms with Crippen LogP contribution in [0.25, 0.3) is 0 Å². The Labute approximate surface area is 94.8 Å². The molecule has 0 aliphatic heterocycles. The predicted molar refractivity (Wildman–Crippen MR) is 62.8 cm³/mol. The molecule has 1 amide bonds. The molecular formula is C12H17FN2O. The summed E-state index contributed by atoms with van der Waals surface area (Å²) in [5, 5.41) is 2.75. The van der Waals surface area contributed by atoms with E-state index in [9.17, 15) is 9.18 Å². The Kier molecular flexibility index (Phi) is 3.21. The maximum atomic E-state index is 13.4. The number of nitrogen functional groups attached to an aromatic ring is 1. The van der Waals surface area contributed by atoms with Crippen molar-refractivity contribution >= 4 is 11.6 Å². The standard InChI is InChI=1S/C12H17FN2O/c1-7-9(13)5-8(6-10(7)14)11(16)15-12(2,3)4/h5-6H,14H2,1-4H3,(H,15,16). The van der Waals surface area contributed by atoms with Crippen LogP contribution in [0.2, 0.25) is 0 Å². The van der Waals surface area contributed by atoms with Gasteiger partial charge in [-0.05, 0) is 39.8 Å². The molecule has 0 unspecified atom stereocenters. The molecule has 0 spiro atoms. The molecule has 0 fully saturated rings. The highest BCUT2D eigenvalue weighted by Crippen LogP contribution is 2.18. The first-order chi connectivity index (χ1) is 7.20. The van der Waals surface area contributed by atoms with E-state index in [1.54, 1.807) is 6.92 Å². The molecule has 0 radical (unpaired) electrons. The molecule has 4 heteroatoms. The quantitative estimate of drug-likeness (QED) is 0.719. The molecule has 0 aromatic heterocycles. The van der Waals surface area contributed by atoms with Gasteiger partial charge in [-0.2, -0.15) is 0 Å². The number of anilines is 1. The largest absolute Gasteiger partial charge is 0.398 e. The van der Waals surface area contributed by atoms with Crippen LogP contribution in [0.4, 0.5) is 10.1 Å². The van der Waals surface area contributed by atoms with Gasteiger partial charge in [0.2, 0.25) is 0 Å². The van der Waals surface area contributed by atoms with Gasteiger partial charge in [0.15, 0.2) is 0 Å². The SMILES string of the molecule is Cc1c(N)cc(C(=O)NC(C)(C)C)cc1F. The summed E-state index contributed by atoms with van der Waals surface area (Å²) in [5.41, 5.74) is 6.15. The van der Waals surface area contributed by atoms with Gasteiger partial charge in [-0.25, -0.2) is 4.39 Å². The molecule has 0 saturated heterocycles. The minimum atomic E-state index is -0.459. The molecule has 1 aromatic rings. The summed E-state index contributed by atoms with van der Waals surface area (Å²) in [6, 6.07) is 2.69. The Morgan fingerprint density at radius 1 is 1.38 bits per heavy atom. The van der Waals surface area contributed by atoms with E-state index in [0.717, 1.165) is 0 Å². The van der Waals surface area contributed by atoms with Crippen molar-refractivity contribution in [2.75, 3.05) is 5.73 Å². The van der Waals surface area contributed by atoms with Gasteiger partial charge in [0, 0.05) is 22.4 Å². The molecule has 88 valence electrons. The Morgan fingerprint density at radius 2 is 1.94 bits per heavy atom. The Hall–Kier alpha value is -1.58. The maximum Gasteiger partial charge on any atom is 0.251 e. The second kappa shape index (κ2) is 4.12. The smallest absolute Gasteiger partial charge is 0.251 e. The topological polar surface area (TPSA) is 55.1 Å². The van der Waals surface area contributed by atoms with Gasteiger partial charge in [0.25, 0.3) is 5.91 Å². The highest BCUT2D eigenvalue weighted by Gasteiger charge is 2.17. The van der Waals surface area contributed by atoms with Gasteiger partial charge >= 0.3 is 0 Å². The lowest BCUT2D eigenvalue weighted by Crippen LogP contribution is -2.40. The highest BCUT2D eigenvalue weighted by atomic mass is 19.1. The number of hydrogen-bond acceptors (Lipinski definition) is 2. The molecule has 3 N–H and O–H groups in total. The van der Waals surface area contributed by atoms with E-state index in [-0.39, 0.29) is 17.0 Å². The van der Waals surface area contributed by atoms with Gasteiger partial charge < -0.3 is 11.1 Å². The van der Waals surface area contributed by atoms with E-state index in [1.165, 1.54) is 12.1 Å². The molecular weight excluding hydrogens is 207 g/mol.